The summed E-state index contributed by atoms with van der Waals surface area (Å²) in [5.41, 5.74) is 0.845. The predicted octanol–water partition coefficient (Wildman–Crippen LogP) is 3.93. The lowest BCUT2D eigenvalue weighted by atomic mass is 9.84. The maximum absolute atomic E-state index is 13.2. The minimum atomic E-state index is -0.363. The van der Waals surface area contributed by atoms with Crippen molar-refractivity contribution in [3.05, 3.63) is 29.6 Å². The van der Waals surface area contributed by atoms with Crippen molar-refractivity contribution in [3.63, 3.8) is 0 Å². The summed E-state index contributed by atoms with van der Waals surface area (Å²) in [5, 5.41) is 9.43. The minimum absolute atomic E-state index is 0.0121. The third kappa shape index (κ3) is 3.93. The van der Waals surface area contributed by atoms with E-state index in [-0.39, 0.29) is 11.6 Å². The second-order valence-corrected chi connectivity index (χ2v) is 5.82. The lowest BCUT2D eigenvalue weighted by molar-refractivity contribution is 0.157. The van der Waals surface area contributed by atoms with Gasteiger partial charge in [0.1, 0.15) is 11.6 Å². The Bertz CT molecular complexity index is 393. The first-order chi connectivity index (χ1) is 9.08. The van der Waals surface area contributed by atoms with Gasteiger partial charge in [0.15, 0.2) is 0 Å². The molecular formula is C16H24FNO. The van der Waals surface area contributed by atoms with Crippen LogP contribution >= 0.6 is 0 Å². The van der Waals surface area contributed by atoms with Crippen molar-refractivity contribution in [2.75, 3.05) is 7.05 Å². The number of hydrogen-bond acceptors (Lipinski definition) is 2. The Labute approximate surface area is 115 Å². The first kappa shape index (κ1) is 14.3. The van der Waals surface area contributed by atoms with Crippen molar-refractivity contribution in [2.45, 2.75) is 51.6 Å². The van der Waals surface area contributed by atoms with Crippen LogP contribution in [0.4, 0.5) is 4.39 Å². The Morgan fingerprint density at radius 2 is 1.89 bits per heavy atom. The number of phenolic OH excluding ortho intramolecular Hbond substituents is 1. The third-order valence-electron chi connectivity index (χ3n) is 4.39. The highest BCUT2D eigenvalue weighted by molar-refractivity contribution is 5.28. The smallest absolute Gasteiger partial charge is 0.127 e. The Morgan fingerprint density at radius 1 is 1.21 bits per heavy atom. The molecule has 0 heterocycles. The Morgan fingerprint density at radius 3 is 2.47 bits per heavy atom. The minimum Gasteiger partial charge on any atom is -0.508 e. The Hall–Kier alpha value is -1.09. The highest BCUT2D eigenvalue weighted by Crippen LogP contribution is 2.29. The van der Waals surface area contributed by atoms with Crippen LogP contribution < -0.4 is 0 Å². The summed E-state index contributed by atoms with van der Waals surface area (Å²) in [4.78, 5) is 2.29. The average Bonchev–Trinajstić information content (AvgIpc) is 2.37. The van der Waals surface area contributed by atoms with Gasteiger partial charge < -0.3 is 5.11 Å². The molecule has 1 fully saturated rings. The van der Waals surface area contributed by atoms with E-state index in [0.717, 1.165) is 17.5 Å². The molecule has 2 nitrogen and oxygen atoms in total. The molecule has 1 aromatic rings. The quantitative estimate of drug-likeness (QED) is 0.891. The van der Waals surface area contributed by atoms with E-state index in [1.54, 1.807) is 6.07 Å². The summed E-state index contributed by atoms with van der Waals surface area (Å²) >= 11 is 0. The monoisotopic (exact) mass is 265 g/mol. The van der Waals surface area contributed by atoms with Gasteiger partial charge in [0.2, 0.25) is 0 Å². The molecule has 0 aromatic heterocycles. The third-order valence-corrected chi connectivity index (χ3v) is 4.39. The SMILES string of the molecule is CCC1CCC(N(C)Cc2cc(O)cc(F)c2)CC1. The van der Waals surface area contributed by atoms with Crippen LogP contribution in [-0.4, -0.2) is 23.1 Å². The van der Waals surface area contributed by atoms with Crippen LogP contribution in [0, 0.1) is 11.7 Å². The van der Waals surface area contributed by atoms with Crippen LogP contribution in [0.5, 0.6) is 5.75 Å². The van der Waals surface area contributed by atoms with E-state index in [4.69, 9.17) is 0 Å². The van der Waals surface area contributed by atoms with Gasteiger partial charge in [-0.3, -0.25) is 4.90 Å². The van der Waals surface area contributed by atoms with Crippen molar-refractivity contribution in [1.82, 2.24) is 4.90 Å². The maximum atomic E-state index is 13.2. The number of halogens is 1. The number of nitrogens with zero attached hydrogens (tertiary/aromatic N) is 1. The molecule has 106 valence electrons. The van der Waals surface area contributed by atoms with Crippen LogP contribution in [0.2, 0.25) is 0 Å². The fourth-order valence-corrected chi connectivity index (χ4v) is 3.14. The fraction of sp³-hybridized carbons (Fsp3) is 0.625. The zero-order chi connectivity index (χ0) is 13.8. The van der Waals surface area contributed by atoms with Crippen LogP contribution in [0.3, 0.4) is 0 Å². The van der Waals surface area contributed by atoms with Crippen molar-refractivity contribution >= 4 is 0 Å². The summed E-state index contributed by atoms with van der Waals surface area (Å²) < 4.78 is 13.2. The van der Waals surface area contributed by atoms with E-state index < -0.39 is 0 Å². The molecule has 1 aliphatic rings. The van der Waals surface area contributed by atoms with E-state index in [1.165, 1.54) is 38.2 Å². The van der Waals surface area contributed by atoms with Crippen molar-refractivity contribution < 1.29 is 9.50 Å². The van der Waals surface area contributed by atoms with E-state index in [1.807, 2.05) is 0 Å². The van der Waals surface area contributed by atoms with Gasteiger partial charge in [0, 0.05) is 18.7 Å². The van der Waals surface area contributed by atoms with Gasteiger partial charge in [-0.1, -0.05) is 13.3 Å². The number of hydrogen-bond donors (Lipinski definition) is 1. The molecule has 0 radical (unpaired) electrons. The Kier molecular flexibility index (Phi) is 4.81. The van der Waals surface area contributed by atoms with Crippen LogP contribution in [0.1, 0.15) is 44.6 Å². The van der Waals surface area contributed by atoms with E-state index >= 15 is 0 Å². The number of aromatic hydroxyl groups is 1. The van der Waals surface area contributed by atoms with Gasteiger partial charge in [0.25, 0.3) is 0 Å². The highest BCUT2D eigenvalue weighted by Gasteiger charge is 2.23. The van der Waals surface area contributed by atoms with Gasteiger partial charge >= 0.3 is 0 Å². The molecule has 0 spiro atoms. The summed E-state index contributed by atoms with van der Waals surface area (Å²) in [6, 6.07) is 4.90. The first-order valence-electron chi connectivity index (χ1n) is 7.27. The molecule has 1 aliphatic carbocycles. The van der Waals surface area contributed by atoms with Crippen LogP contribution in [0.25, 0.3) is 0 Å². The average molecular weight is 265 g/mol. The molecule has 2 rings (SSSR count). The number of benzene rings is 1. The Balaban J connectivity index is 1.92. The first-order valence-corrected chi connectivity index (χ1v) is 7.27. The second-order valence-electron chi connectivity index (χ2n) is 5.82. The number of phenols is 1. The zero-order valence-corrected chi connectivity index (χ0v) is 11.9. The molecule has 3 heteroatoms. The molecule has 0 bridgehead atoms. The van der Waals surface area contributed by atoms with Gasteiger partial charge in [-0.15, -0.1) is 0 Å². The standard InChI is InChI=1S/C16H24FNO/c1-3-12-4-6-15(7-5-12)18(2)11-13-8-14(17)10-16(19)9-13/h8-10,12,15,19H,3-7,11H2,1-2H3. The predicted molar refractivity (Wildman–Crippen MR) is 75.6 cm³/mol. The molecule has 1 saturated carbocycles. The summed E-state index contributed by atoms with van der Waals surface area (Å²) in [7, 11) is 2.10. The molecule has 0 aliphatic heterocycles. The zero-order valence-electron chi connectivity index (χ0n) is 11.9. The summed E-state index contributed by atoms with van der Waals surface area (Å²) in [5.74, 6) is 0.541. The van der Waals surface area contributed by atoms with Crippen LogP contribution in [-0.2, 0) is 6.54 Å². The van der Waals surface area contributed by atoms with Gasteiger partial charge in [-0.25, -0.2) is 4.39 Å². The van der Waals surface area contributed by atoms with Crippen molar-refractivity contribution in [2.24, 2.45) is 5.92 Å². The molecule has 1 aromatic carbocycles. The maximum Gasteiger partial charge on any atom is 0.127 e. The summed E-state index contributed by atoms with van der Waals surface area (Å²) in [6.07, 6.45) is 6.36. The number of rotatable bonds is 4. The van der Waals surface area contributed by atoms with E-state index in [2.05, 4.69) is 18.9 Å². The normalized spacial score (nSPS) is 23.8. The van der Waals surface area contributed by atoms with Gasteiger partial charge in [-0.05, 0) is 56.3 Å². The molecule has 0 amide bonds. The van der Waals surface area contributed by atoms with Crippen molar-refractivity contribution in [3.8, 4) is 5.75 Å². The lowest BCUT2D eigenvalue weighted by Gasteiger charge is -2.34. The molecule has 0 saturated heterocycles. The molecular weight excluding hydrogens is 241 g/mol. The largest absolute Gasteiger partial charge is 0.508 e. The van der Waals surface area contributed by atoms with Crippen LogP contribution in [0.15, 0.2) is 18.2 Å². The molecule has 1 N–H and O–H groups in total. The topological polar surface area (TPSA) is 23.5 Å². The lowest BCUT2D eigenvalue weighted by Crippen LogP contribution is -2.34. The molecule has 0 atom stereocenters. The van der Waals surface area contributed by atoms with E-state index in [9.17, 15) is 9.50 Å². The van der Waals surface area contributed by atoms with Gasteiger partial charge in [0.05, 0.1) is 0 Å². The second kappa shape index (κ2) is 6.38. The van der Waals surface area contributed by atoms with Crippen molar-refractivity contribution in [1.29, 1.82) is 0 Å². The molecule has 19 heavy (non-hydrogen) atoms. The van der Waals surface area contributed by atoms with Gasteiger partial charge in [-0.2, -0.15) is 0 Å². The fourth-order valence-electron chi connectivity index (χ4n) is 3.14. The van der Waals surface area contributed by atoms with E-state index in [0.29, 0.717) is 12.6 Å². The highest BCUT2D eigenvalue weighted by atomic mass is 19.1. The molecule has 0 unspecified atom stereocenters. The summed E-state index contributed by atoms with van der Waals surface area (Å²) in [6.45, 7) is 2.97.